The molecule has 18 heavy (non-hydrogen) atoms. The van der Waals surface area contributed by atoms with Crippen molar-refractivity contribution in [3.8, 4) is 0 Å². The van der Waals surface area contributed by atoms with Crippen LogP contribution in [0, 0.1) is 6.92 Å². The largest absolute Gasteiger partial charge is 0.368 e. The van der Waals surface area contributed by atoms with Crippen molar-refractivity contribution in [2.75, 3.05) is 5.73 Å². The first-order valence-corrected chi connectivity index (χ1v) is 6.77. The van der Waals surface area contributed by atoms with Crippen molar-refractivity contribution in [1.29, 1.82) is 0 Å². The van der Waals surface area contributed by atoms with Crippen LogP contribution in [0.3, 0.4) is 0 Å². The fourth-order valence-electron chi connectivity index (χ4n) is 1.64. The van der Waals surface area contributed by atoms with Gasteiger partial charge in [0, 0.05) is 22.9 Å². The third kappa shape index (κ3) is 3.04. The maximum atomic E-state index is 5.65. The smallest absolute Gasteiger partial charge is 0.220 e. The predicted molar refractivity (Wildman–Crippen MR) is 74.8 cm³/mol. The maximum absolute atomic E-state index is 5.65. The van der Waals surface area contributed by atoms with Crippen molar-refractivity contribution in [1.82, 2.24) is 15.0 Å². The zero-order chi connectivity index (χ0) is 13.3. The summed E-state index contributed by atoms with van der Waals surface area (Å²) in [5, 5.41) is 3.18. The second kappa shape index (κ2) is 4.65. The monoisotopic (exact) mass is 262 g/mol. The Bertz CT molecular complexity index is 534. The van der Waals surface area contributed by atoms with Crippen LogP contribution in [0.2, 0.25) is 0 Å². The fraction of sp³-hybridized carbons (Fsp3) is 0.462. The highest BCUT2D eigenvalue weighted by Crippen LogP contribution is 2.24. The van der Waals surface area contributed by atoms with Gasteiger partial charge in [-0.1, -0.05) is 20.8 Å². The zero-order valence-electron chi connectivity index (χ0n) is 11.2. The molecule has 0 amide bonds. The lowest BCUT2D eigenvalue weighted by Gasteiger charge is -2.14. The second-order valence-corrected chi connectivity index (χ2v) is 6.35. The summed E-state index contributed by atoms with van der Waals surface area (Å²) < 4.78 is 0. The summed E-state index contributed by atoms with van der Waals surface area (Å²) in [6, 6.07) is 1.95. The van der Waals surface area contributed by atoms with Gasteiger partial charge in [-0.15, -0.1) is 11.3 Å². The van der Waals surface area contributed by atoms with E-state index in [1.165, 1.54) is 0 Å². The lowest BCUT2D eigenvalue weighted by Crippen LogP contribution is -2.11. The number of hydrogen-bond donors (Lipinski definition) is 1. The SMILES string of the molecule is Cc1cc(Cc2nc(C(C)(C)C)cs2)nc(N)n1. The zero-order valence-corrected chi connectivity index (χ0v) is 12.0. The average molecular weight is 262 g/mol. The summed E-state index contributed by atoms with van der Waals surface area (Å²) in [5.41, 5.74) is 8.69. The van der Waals surface area contributed by atoms with Crippen LogP contribution in [-0.2, 0) is 11.8 Å². The summed E-state index contributed by atoms with van der Waals surface area (Å²) in [7, 11) is 0. The van der Waals surface area contributed by atoms with Crippen molar-refractivity contribution < 1.29 is 0 Å². The Morgan fingerprint density at radius 1 is 1.22 bits per heavy atom. The molecule has 0 aromatic carbocycles. The third-order valence-corrected chi connectivity index (χ3v) is 3.43. The average Bonchev–Trinajstić information content (AvgIpc) is 2.63. The Kier molecular flexibility index (Phi) is 3.34. The Morgan fingerprint density at radius 2 is 1.94 bits per heavy atom. The quantitative estimate of drug-likeness (QED) is 0.903. The number of nitrogens with two attached hydrogens (primary N) is 1. The summed E-state index contributed by atoms with van der Waals surface area (Å²) in [4.78, 5) is 13.0. The highest BCUT2D eigenvalue weighted by molar-refractivity contribution is 7.09. The standard InChI is InChI=1S/C13H18N4S/c1-8-5-9(16-12(14)15-8)6-11-17-10(7-18-11)13(2,3)4/h5,7H,6H2,1-4H3,(H2,14,15,16). The van der Waals surface area contributed by atoms with Gasteiger partial charge in [-0.2, -0.15) is 0 Å². The normalized spacial score (nSPS) is 11.8. The number of aryl methyl sites for hydroxylation is 1. The van der Waals surface area contributed by atoms with Gasteiger partial charge in [0.15, 0.2) is 0 Å². The van der Waals surface area contributed by atoms with Crippen LogP contribution >= 0.6 is 11.3 Å². The minimum atomic E-state index is 0.0926. The summed E-state index contributed by atoms with van der Waals surface area (Å²) in [6.07, 6.45) is 0.717. The summed E-state index contributed by atoms with van der Waals surface area (Å²) in [6.45, 7) is 8.42. The Balaban J connectivity index is 2.21. The van der Waals surface area contributed by atoms with E-state index >= 15 is 0 Å². The van der Waals surface area contributed by atoms with E-state index in [0.29, 0.717) is 12.4 Å². The molecule has 0 fully saturated rings. The second-order valence-electron chi connectivity index (χ2n) is 5.41. The fourth-order valence-corrected chi connectivity index (χ4v) is 2.68. The number of anilines is 1. The highest BCUT2D eigenvalue weighted by atomic mass is 32.1. The molecule has 0 aliphatic heterocycles. The van der Waals surface area contributed by atoms with Crippen LogP contribution in [0.1, 0.15) is 42.9 Å². The molecule has 2 rings (SSSR count). The van der Waals surface area contributed by atoms with E-state index in [4.69, 9.17) is 5.73 Å². The van der Waals surface area contributed by atoms with E-state index in [1.807, 2.05) is 13.0 Å². The molecule has 0 radical (unpaired) electrons. The molecule has 0 aliphatic rings. The highest BCUT2D eigenvalue weighted by Gasteiger charge is 2.17. The van der Waals surface area contributed by atoms with E-state index in [9.17, 15) is 0 Å². The van der Waals surface area contributed by atoms with Gasteiger partial charge < -0.3 is 5.73 Å². The number of thiazole rings is 1. The van der Waals surface area contributed by atoms with Gasteiger partial charge in [-0.05, 0) is 13.0 Å². The number of nitrogens with zero attached hydrogens (tertiary/aromatic N) is 3. The molecule has 4 nitrogen and oxygen atoms in total. The van der Waals surface area contributed by atoms with Crippen molar-refractivity contribution in [2.24, 2.45) is 0 Å². The van der Waals surface area contributed by atoms with Gasteiger partial charge in [0.2, 0.25) is 5.95 Å². The van der Waals surface area contributed by atoms with Crippen molar-refractivity contribution >= 4 is 17.3 Å². The van der Waals surface area contributed by atoms with Crippen molar-refractivity contribution in [2.45, 2.75) is 39.5 Å². The van der Waals surface area contributed by atoms with Crippen LogP contribution < -0.4 is 5.73 Å². The van der Waals surface area contributed by atoms with Gasteiger partial charge in [0.05, 0.1) is 16.4 Å². The van der Waals surface area contributed by atoms with E-state index < -0.39 is 0 Å². The lowest BCUT2D eigenvalue weighted by atomic mass is 9.93. The summed E-state index contributed by atoms with van der Waals surface area (Å²) >= 11 is 1.67. The van der Waals surface area contributed by atoms with E-state index in [0.717, 1.165) is 22.1 Å². The van der Waals surface area contributed by atoms with E-state index in [2.05, 4.69) is 41.1 Å². The molecule has 5 heteroatoms. The number of nitrogen functional groups attached to an aromatic ring is 1. The molecule has 0 aliphatic carbocycles. The summed E-state index contributed by atoms with van der Waals surface area (Å²) in [5.74, 6) is 0.331. The first-order valence-electron chi connectivity index (χ1n) is 5.89. The topological polar surface area (TPSA) is 64.7 Å². The third-order valence-electron chi connectivity index (χ3n) is 2.58. The van der Waals surface area contributed by atoms with Gasteiger partial charge in [0.1, 0.15) is 0 Å². The predicted octanol–water partition coefficient (Wildman–Crippen LogP) is 2.71. The van der Waals surface area contributed by atoms with Crippen LogP contribution in [0.4, 0.5) is 5.95 Å². The van der Waals surface area contributed by atoms with Crippen LogP contribution in [0.25, 0.3) is 0 Å². The number of hydrogen-bond acceptors (Lipinski definition) is 5. The molecule has 0 bridgehead atoms. The molecular weight excluding hydrogens is 244 g/mol. The minimum Gasteiger partial charge on any atom is -0.368 e. The van der Waals surface area contributed by atoms with Gasteiger partial charge >= 0.3 is 0 Å². The molecule has 2 aromatic heterocycles. The van der Waals surface area contributed by atoms with Gasteiger partial charge in [0.25, 0.3) is 0 Å². The molecular formula is C13H18N4S. The molecule has 0 unspecified atom stereocenters. The molecule has 0 spiro atoms. The maximum Gasteiger partial charge on any atom is 0.220 e. The number of rotatable bonds is 2. The lowest BCUT2D eigenvalue weighted by molar-refractivity contribution is 0.571. The van der Waals surface area contributed by atoms with Crippen LogP contribution in [0.15, 0.2) is 11.4 Å². The Morgan fingerprint density at radius 3 is 2.50 bits per heavy atom. The Labute approximate surface area is 111 Å². The molecule has 2 heterocycles. The van der Waals surface area contributed by atoms with Gasteiger partial charge in [-0.3, -0.25) is 0 Å². The van der Waals surface area contributed by atoms with E-state index in [-0.39, 0.29) is 5.41 Å². The first kappa shape index (κ1) is 13.0. The minimum absolute atomic E-state index is 0.0926. The molecule has 96 valence electrons. The first-order chi connectivity index (χ1) is 8.34. The molecule has 2 aromatic rings. The van der Waals surface area contributed by atoms with E-state index in [1.54, 1.807) is 11.3 Å². The Hall–Kier alpha value is -1.49. The number of aromatic nitrogens is 3. The molecule has 0 atom stereocenters. The van der Waals surface area contributed by atoms with Crippen molar-refractivity contribution in [3.63, 3.8) is 0 Å². The van der Waals surface area contributed by atoms with Gasteiger partial charge in [-0.25, -0.2) is 15.0 Å². The van der Waals surface area contributed by atoms with Crippen LogP contribution in [-0.4, -0.2) is 15.0 Å². The molecule has 0 saturated carbocycles. The van der Waals surface area contributed by atoms with Crippen molar-refractivity contribution in [3.05, 3.63) is 33.5 Å². The van der Waals surface area contributed by atoms with Crippen LogP contribution in [0.5, 0.6) is 0 Å². The molecule has 0 saturated heterocycles. The molecule has 2 N–H and O–H groups in total.